The number of aromatic nitrogens is 2. The highest BCUT2D eigenvalue weighted by molar-refractivity contribution is 5.75. The van der Waals surface area contributed by atoms with E-state index in [0.717, 1.165) is 6.42 Å². The number of ether oxygens (including phenoxy) is 2. The molecule has 5 atom stereocenters. The van der Waals surface area contributed by atoms with Crippen LogP contribution in [0.25, 0.3) is 10.4 Å². The number of carbonyl (C=O) groups excluding carboxylic acids is 1. The number of azide groups is 1. The van der Waals surface area contributed by atoms with Crippen LogP contribution in [-0.2, 0) is 14.3 Å². The average molecular weight is 380 g/mol. The molecule has 1 fully saturated rings. The molecule has 1 aliphatic heterocycles. The minimum Gasteiger partial charge on any atom is -0.462 e. The first-order valence-corrected chi connectivity index (χ1v) is 8.72. The lowest BCUT2D eigenvalue weighted by Gasteiger charge is -2.20. The van der Waals surface area contributed by atoms with Gasteiger partial charge in [0.25, 0.3) is 5.56 Å². The molecule has 0 spiro atoms. The highest BCUT2D eigenvalue weighted by atomic mass is 16.6. The Labute approximate surface area is 155 Å². The number of H-pyrrole nitrogens is 1. The number of rotatable bonds is 7. The van der Waals surface area contributed by atoms with Crippen molar-refractivity contribution in [2.45, 2.75) is 58.0 Å². The van der Waals surface area contributed by atoms with Crippen molar-refractivity contribution < 1.29 is 14.3 Å². The van der Waals surface area contributed by atoms with Gasteiger partial charge in [0.1, 0.15) is 25.0 Å². The van der Waals surface area contributed by atoms with Gasteiger partial charge in [-0.3, -0.25) is 19.1 Å². The van der Waals surface area contributed by atoms with Gasteiger partial charge >= 0.3 is 11.7 Å². The Balaban J connectivity index is 2.12. The molecular formula is C16H24N6O5. The normalized spacial score (nSPS) is 24.1. The minimum absolute atomic E-state index is 0.0367. The summed E-state index contributed by atoms with van der Waals surface area (Å²) in [6.45, 7) is 5.18. The van der Waals surface area contributed by atoms with E-state index < -0.39 is 41.6 Å². The summed E-state index contributed by atoms with van der Waals surface area (Å²) in [6, 6.07) is -1.39. The van der Waals surface area contributed by atoms with Crippen LogP contribution in [0.4, 0.5) is 0 Å². The van der Waals surface area contributed by atoms with Gasteiger partial charge in [0.2, 0.25) is 0 Å². The fourth-order valence-electron chi connectivity index (χ4n) is 2.77. The average Bonchev–Trinajstić information content (AvgIpc) is 3.04. The van der Waals surface area contributed by atoms with Crippen molar-refractivity contribution in [3.05, 3.63) is 43.0 Å². The van der Waals surface area contributed by atoms with Crippen molar-refractivity contribution in [1.82, 2.24) is 9.55 Å². The molecule has 11 heteroatoms. The number of nitrogens with one attached hydrogen (secondary N) is 1. The fraction of sp³-hybridized carbons (Fsp3) is 0.688. The van der Waals surface area contributed by atoms with E-state index in [9.17, 15) is 14.4 Å². The van der Waals surface area contributed by atoms with E-state index in [1.165, 1.54) is 10.8 Å². The van der Waals surface area contributed by atoms with Crippen LogP contribution in [0.5, 0.6) is 0 Å². The zero-order chi connectivity index (χ0) is 20.1. The second-order valence-electron chi connectivity index (χ2n) is 6.66. The summed E-state index contributed by atoms with van der Waals surface area (Å²) in [5.74, 6) is -0.599. The summed E-state index contributed by atoms with van der Waals surface area (Å²) in [4.78, 5) is 40.6. The molecule has 0 bridgehead atoms. The maximum atomic E-state index is 12.1. The van der Waals surface area contributed by atoms with Crippen molar-refractivity contribution in [2.24, 2.45) is 16.8 Å². The maximum Gasteiger partial charge on any atom is 0.330 e. The molecule has 11 nitrogen and oxygen atoms in total. The third kappa shape index (κ3) is 4.76. The highest BCUT2D eigenvalue weighted by Crippen LogP contribution is 2.30. The molecule has 1 aliphatic rings. The SMILES string of the molecule is CCC(C)C(N)C(=O)OC[C@H]1O[C@@H](n2cc(C)c(=O)[nH]c2=O)CC1N=[N+]=[N-]. The molecule has 1 aromatic rings. The van der Waals surface area contributed by atoms with Crippen LogP contribution in [0.2, 0.25) is 0 Å². The van der Waals surface area contributed by atoms with Gasteiger partial charge in [0.05, 0.1) is 6.04 Å². The third-order valence-corrected chi connectivity index (χ3v) is 4.78. The Kier molecular flexibility index (Phi) is 6.78. The van der Waals surface area contributed by atoms with Gasteiger partial charge in [-0.1, -0.05) is 25.4 Å². The summed E-state index contributed by atoms with van der Waals surface area (Å²) in [7, 11) is 0. The first-order valence-electron chi connectivity index (χ1n) is 8.72. The van der Waals surface area contributed by atoms with Gasteiger partial charge < -0.3 is 15.2 Å². The molecule has 3 unspecified atom stereocenters. The van der Waals surface area contributed by atoms with Gasteiger partial charge in [-0.05, 0) is 18.4 Å². The second-order valence-corrected chi connectivity index (χ2v) is 6.66. The highest BCUT2D eigenvalue weighted by Gasteiger charge is 2.37. The molecule has 148 valence electrons. The summed E-state index contributed by atoms with van der Waals surface area (Å²) < 4.78 is 12.2. The van der Waals surface area contributed by atoms with Crippen LogP contribution in [0.15, 0.2) is 20.9 Å². The smallest absolute Gasteiger partial charge is 0.330 e. The second kappa shape index (κ2) is 8.85. The van der Waals surface area contributed by atoms with Gasteiger partial charge in [-0.25, -0.2) is 4.79 Å². The molecule has 2 heterocycles. The van der Waals surface area contributed by atoms with E-state index in [-0.39, 0.29) is 18.9 Å². The maximum absolute atomic E-state index is 12.1. The van der Waals surface area contributed by atoms with Crippen LogP contribution in [0.1, 0.15) is 38.5 Å². The fourth-order valence-corrected chi connectivity index (χ4v) is 2.77. The Bertz CT molecular complexity index is 842. The predicted octanol–water partition coefficient (Wildman–Crippen LogP) is 0.728. The first kappa shape index (κ1) is 20.7. The molecule has 27 heavy (non-hydrogen) atoms. The number of hydrogen-bond donors (Lipinski definition) is 2. The van der Waals surface area contributed by atoms with Crippen molar-refractivity contribution >= 4 is 5.97 Å². The van der Waals surface area contributed by atoms with E-state index in [0.29, 0.717) is 5.56 Å². The lowest BCUT2D eigenvalue weighted by molar-refractivity contribution is -0.151. The Hall–Kier alpha value is -2.62. The molecule has 1 saturated heterocycles. The van der Waals surface area contributed by atoms with Crippen LogP contribution in [-0.4, -0.2) is 40.3 Å². The van der Waals surface area contributed by atoms with Gasteiger partial charge in [0, 0.05) is 23.1 Å². The zero-order valence-corrected chi connectivity index (χ0v) is 15.5. The third-order valence-electron chi connectivity index (χ3n) is 4.78. The van der Waals surface area contributed by atoms with E-state index in [4.69, 9.17) is 20.7 Å². The first-order chi connectivity index (χ1) is 12.8. The summed E-state index contributed by atoms with van der Waals surface area (Å²) in [5, 5.41) is 3.67. The summed E-state index contributed by atoms with van der Waals surface area (Å²) in [6.07, 6.45) is 0.837. The number of carbonyl (C=O) groups is 1. The lowest BCUT2D eigenvalue weighted by Crippen LogP contribution is -2.40. The van der Waals surface area contributed by atoms with Gasteiger partial charge in [-0.2, -0.15) is 0 Å². The number of esters is 1. The molecule has 0 amide bonds. The Morgan fingerprint density at radius 1 is 1.59 bits per heavy atom. The standard InChI is InChI=1S/C16H24N6O5/c1-4-8(2)13(17)15(24)26-7-11-10(20-21-18)5-12(27-11)22-6-9(3)14(23)19-16(22)25/h6,8,10-13H,4-5,7,17H2,1-3H3,(H,19,23,25)/t8?,10?,11-,12-,13?/m1/s1. The molecule has 0 aromatic carbocycles. The number of nitrogens with two attached hydrogens (primary N) is 1. The summed E-state index contributed by atoms with van der Waals surface area (Å²) >= 11 is 0. The quantitative estimate of drug-likeness (QED) is 0.306. The van der Waals surface area contributed by atoms with E-state index >= 15 is 0 Å². The van der Waals surface area contributed by atoms with Crippen LogP contribution in [0, 0.1) is 12.8 Å². The predicted molar refractivity (Wildman–Crippen MR) is 95.9 cm³/mol. The van der Waals surface area contributed by atoms with Crippen molar-refractivity contribution in [3.63, 3.8) is 0 Å². The van der Waals surface area contributed by atoms with Gasteiger partial charge in [-0.15, -0.1) is 0 Å². The summed E-state index contributed by atoms with van der Waals surface area (Å²) in [5.41, 5.74) is 13.8. The van der Waals surface area contributed by atoms with Crippen molar-refractivity contribution in [3.8, 4) is 0 Å². The molecule has 0 aliphatic carbocycles. The molecule has 1 aromatic heterocycles. The van der Waals surface area contributed by atoms with Crippen LogP contribution < -0.4 is 17.0 Å². The van der Waals surface area contributed by atoms with Crippen LogP contribution >= 0.6 is 0 Å². The molecule has 3 N–H and O–H groups in total. The molecule has 2 rings (SSSR count). The number of aryl methyl sites for hydroxylation is 1. The lowest BCUT2D eigenvalue weighted by atomic mass is 10.0. The van der Waals surface area contributed by atoms with E-state index in [1.807, 2.05) is 13.8 Å². The van der Waals surface area contributed by atoms with Gasteiger partial charge in [0.15, 0.2) is 0 Å². The molecule has 0 saturated carbocycles. The molecular weight excluding hydrogens is 356 g/mol. The van der Waals surface area contributed by atoms with E-state index in [2.05, 4.69) is 15.0 Å². The largest absolute Gasteiger partial charge is 0.462 e. The van der Waals surface area contributed by atoms with Crippen LogP contribution in [0.3, 0.4) is 0 Å². The molecule has 0 radical (unpaired) electrons. The number of hydrogen-bond acceptors (Lipinski definition) is 7. The van der Waals surface area contributed by atoms with Crippen molar-refractivity contribution in [2.75, 3.05) is 6.61 Å². The monoisotopic (exact) mass is 380 g/mol. The number of aromatic amines is 1. The Morgan fingerprint density at radius 2 is 2.30 bits per heavy atom. The van der Waals surface area contributed by atoms with Crippen molar-refractivity contribution in [1.29, 1.82) is 0 Å². The van der Waals surface area contributed by atoms with E-state index in [1.54, 1.807) is 6.92 Å². The minimum atomic E-state index is -0.755. The Morgan fingerprint density at radius 3 is 2.93 bits per heavy atom. The number of nitrogens with zero attached hydrogens (tertiary/aromatic N) is 4. The zero-order valence-electron chi connectivity index (χ0n) is 15.5. The topological polar surface area (TPSA) is 165 Å².